The van der Waals surface area contributed by atoms with Crippen LogP contribution in [0.4, 0.5) is 0 Å². The van der Waals surface area contributed by atoms with Crippen molar-refractivity contribution in [1.82, 2.24) is 0 Å². The lowest BCUT2D eigenvalue weighted by atomic mass is 9.98. The molecule has 0 aromatic rings. The Hall–Kier alpha value is -0.950. The van der Waals surface area contributed by atoms with Crippen LogP contribution in [-0.2, 0) is 37.2 Å². The number of hydrogen-bond donors (Lipinski definition) is 0. The van der Waals surface area contributed by atoms with Crippen LogP contribution in [0.2, 0.25) is 0 Å². The Labute approximate surface area is 150 Å². The minimum atomic E-state index is -4.04. The van der Waals surface area contributed by atoms with Crippen molar-refractivity contribution >= 4 is 19.8 Å². The van der Waals surface area contributed by atoms with Crippen LogP contribution < -0.4 is 0 Å². The second-order valence-electron chi connectivity index (χ2n) is 7.99. The van der Waals surface area contributed by atoms with E-state index < -0.39 is 44.2 Å². The van der Waals surface area contributed by atoms with Gasteiger partial charge in [0, 0.05) is 0 Å². The Bertz CT molecular complexity index is 451. The standard InChI is InChI=1S/C16H31O8P/c1-12(2)9-22-25(19,23-10-20-13(17)15(3,4)5)24-11-21-14(18)16(6,7)8/h12H,9-11H2,1-8H3. The summed E-state index contributed by atoms with van der Waals surface area (Å²) in [5, 5.41) is 0. The number of carbonyl (C=O) groups excluding carboxylic acids is 2. The summed E-state index contributed by atoms with van der Waals surface area (Å²) in [5.74, 6) is -0.987. The van der Waals surface area contributed by atoms with E-state index in [4.69, 9.17) is 23.0 Å². The Morgan fingerprint density at radius 1 is 0.800 bits per heavy atom. The zero-order chi connectivity index (χ0) is 19.9. The fraction of sp³-hybridized carbons (Fsp3) is 0.875. The molecule has 25 heavy (non-hydrogen) atoms. The number of carbonyl (C=O) groups is 2. The van der Waals surface area contributed by atoms with E-state index in [0.717, 1.165) is 0 Å². The number of esters is 2. The molecule has 9 heteroatoms. The van der Waals surface area contributed by atoms with Crippen molar-refractivity contribution in [2.45, 2.75) is 55.4 Å². The molecule has 8 nitrogen and oxygen atoms in total. The third-order valence-electron chi connectivity index (χ3n) is 2.59. The molecule has 0 amide bonds. The molecule has 0 atom stereocenters. The summed E-state index contributed by atoms with van der Waals surface area (Å²) >= 11 is 0. The molecule has 0 rings (SSSR count). The maximum atomic E-state index is 12.5. The van der Waals surface area contributed by atoms with Crippen molar-refractivity contribution in [2.24, 2.45) is 16.7 Å². The van der Waals surface area contributed by atoms with Crippen LogP contribution in [0.1, 0.15) is 55.4 Å². The molecule has 0 spiro atoms. The van der Waals surface area contributed by atoms with Gasteiger partial charge in [-0.2, -0.15) is 0 Å². The van der Waals surface area contributed by atoms with Gasteiger partial charge in [0.15, 0.2) is 0 Å². The Balaban J connectivity index is 4.65. The molecule has 0 saturated carbocycles. The van der Waals surface area contributed by atoms with Gasteiger partial charge in [-0.1, -0.05) is 13.8 Å². The topological polar surface area (TPSA) is 97.4 Å². The largest absolute Gasteiger partial charge is 0.480 e. The Kier molecular flexibility index (Phi) is 9.30. The Morgan fingerprint density at radius 2 is 1.16 bits per heavy atom. The molecule has 0 N–H and O–H groups in total. The van der Waals surface area contributed by atoms with Crippen molar-refractivity contribution < 1.29 is 37.2 Å². The second kappa shape index (κ2) is 9.67. The minimum absolute atomic E-state index is 0.0646. The average molecular weight is 382 g/mol. The molecular formula is C16H31O8P. The van der Waals surface area contributed by atoms with Crippen LogP contribution >= 0.6 is 7.82 Å². The molecule has 0 aliphatic carbocycles. The molecule has 0 radical (unpaired) electrons. The summed E-state index contributed by atoms with van der Waals surface area (Å²) in [7, 11) is -4.04. The summed E-state index contributed by atoms with van der Waals surface area (Å²) in [4.78, 5) is 23.4. The average Bonchev–Trinajstić information content (AvgIpc) is 2.43. The van der Waals surface area contributed by atoms with Gasteiger partial charge in [0.25, 0.3) is 0 Å². The first-order chi connectivity index (χ1) is 11.2. The maximum Gasteiger partial charge on any atom is 0.480 e. The molecule has 0 fully saturated rings. The number of phosphoric ester groups is 1. The summed E-state index contributed by atoms with van der Waals surface area (Å²) in [6.45, 7) is 12.6. The van der Waals surface area contributed by atoms with E-state index in [9.17, 15) is 14.2 Å². The van der Waals surface area contributed by atoms with Crippen molar-refractivity contribution in [1.29, 1.82) is 0 Å². The second-order valence-corrected chi connectivity index (χ2v) is 9.66. The number of rotatable bonds is 9. The zero-order valence-electron chi connectivity index (χ0n) is 16.4. The monoisotopic (exact) mass is 382 g/mol. The summed E-state index contributed by atoms with van der Waals surface area (Å²) < 4.78 is 37.4. The van der Waals surface area contributed by atoms with E-state index in [1.165, 1.54) is 0 Å². The smallest absolute Gasteiger partial charge is 0.437 e. The number of hydrogen-bond acceptors (Lipinski definition) is 8. The van der Waals surface area contributed by atoms with Crippen molar-refractivity contribution in [3.63, 3.8) is 0 Å². The Morgan fingerprint density at radius 3 is 1.44 bits per heavy atom. The molecule has 0 heterocycles. The highest BCUT2D eigenvalue weighted by atomic mass is 31.2. The fourth-order valence-electron chi connectivity index (χ4n) is 1.07. The van der Waals surface area contributed by atoms with Gasteiger partial charge < -0.3 is 9.47 Å². The van der Waals surface area contributed by atoms with Crippen LogP contribution in [0.5, 0.6) is 0 Å². The molecule has 0 bridgehead atoms. The molecule has 0 unspecified atom stereocenters. The molecule has 0 aromatic carbocycles. The van der Waals surface area contributed by atoms with Crippen LogP contribution in [0.15, 0.2) is 0 Å². The summed E-state index contributed by atoms with van der Waals surface area (Å²) in [5.41, 5.74) is -1.45. The van der Waals surface area contributed by atoms with E-state index in [0.29, 0.717) is 0 Å². The molecule has 148 valence electrons. The predicted molar refractivity (Wildman–Crippen MR) is 91.4 cm³/mol. The van der Waals surface area contributed by atoms with Crippen molar-refractivity contribution in [3.05, 3.63) is 0 Å². The highest BCUT2D eigenvalue weighted by Gasteiger charge is 2.31. The van der Waals surface area contributed by atoms with Gasteiger partial charge in [0.1, 0.15) is 0 Å². The summed E-state index contributed by atoms with van der Waals surface area (Å²) in [6.07, 6.45) is 0. The molecule has 0 aromatic heterocycles. The third-order valence-corrected chi connectivity index (χ3v) is 3.90. The van der Waals surface area contributed by atoms with Gasteiger partial charge in [-0.05, 0) is 47.5 Å². The van der Waals surface area contributed by atoms with Crippen molar-refractivity contribution in [3.8, 4) is 0 Å². The SMILES string of the molecule is CC(C)COP(=O)(OCOC(=O)C(C)(C)C)OCOC(=O)C(C)(C)C. The van der Waals surface area contributed by atoms with Gasteiger partial charge in [-0.15, -0.1) is 0 Å². The normalized spacial score (nSPS) is 13.0. The van der Waals surface area contributed by atoms with Gasteiger partial charge in [0.2, 0.25) is 13.6 Å². The summed E-state index contributed by atoms with van der Waals surface area (Å²) in [6, 6.07) is 0. The van der Waals surface area contributed by atoms with Gasteiger partial charge in [-0.25, -0.2) is 13.6 Å². The zero-order valence-corrected chi connectivity index (χ0v) is 17.3. The fourth-order valence-corrected chi connectivity index (χ4v) is 2.14. The molecular weight excluding hydrogens is 351 g/mol. The van der Waals surface area contributed by atoms with Crippen LogP contribution in [0, 0.1) is 16.7 Å². The van der Waals surface area contributed by atoms with E-state index in [1.54, 1.807) is 41.5 Å². The van der Waals surface area contributed by atoms with Gasteiger partial charge in [-0.3, -0.25) is 14.1 Å². The third kappa shape index (κ3) is 10.6. The van der Waals surface area contributed by atoms with Crippen LogP contribution in [-0.4, -0.2) is 32.1 Å². The predicted octanol–water partition coefficient (Wildman–Crippen LogP) is 3.89. The van der Waals surface area contributed by atoms with Gasteiger partial charge >= 0.3 is 19.8 Å². The molecule has 0 aliphatic heterocycles. The highest BCUT2D eigenvalue weighted by Crippen LogP contribution is 2.49. The van der Waals surface area contributed by atoms with Crippen molar-refractivity contribution in [2.75, 3.05) is 20.2 Å². The lowest BCUT2D eigenvalue weighted by molar-refractivity contribution is -0.163. The van der Waals surface area contributed by atoms with Crippen LogP contribution in [0.25, 0.3) is 0 Å². The maximum absolute atomic E-state index is 12.5. The first-order valence-electron chi connectivity index (χ1n) is 8.05. The van der Waals surface area contributed by atoms with E-state index in [1.807, 2.05) is 13.8 Å². The lowest BCUT2D eigenvalue weighted by Gasteiger charge is -2.22. The highest BCUT2D eigenvalue weighted by molar-refractivity contribution is 7.48. The van der Waals surface area contributed by atoms with E-state index >= 15 is 0 Å². The molecule has 0 aliphatic rings. The van der Waals surface area contributed by atoms with E-state index in [2.05, 4.69) is 0 Å². The first-order valence-corrected chi connectivity index (χ1v) is 9.51. The lowest BCUT2D eigenvalue weighted by Crippen LogP contribution is -2.25. The quantitative estimate of drug-likeness (QED) is 0.336. The number of ether oxygens (including phenoxy) is 2. The minimum Gasteiger partial charge on any atom is -0.437 e. The molecule has 0 saturated heterocycles. The first kappa shape index (κ1) is 24.1. The van der Waals surface area contributed by atoms with E-state index in [-0.39, 0.29) is 12.5 Å². The number of phosphoric acid groups is 1. The van der Waals surface area contributed by atoms with Gasteiger partial charge in [0.05, 0.1) is 17.4 Å². The van der Waals surface area contributed by atoms with Crippen LogP contribution in [0.3, 0.4) is 0 Å².